The summed E-state index contributed by atoms with van der Waals surface area (Å²) in [5.41, 5.74) is 3.27. The second-order valence-corrected chi connectivity index (χ2v) is 5.54. The van der Waals surface area contributed by atoms with Gasteiger partial charge in [0.25, 0.3) is 0 Å². The van der Waals surface area contributed by atoms with Crippen molar-refractivity contribution in [3.05, 3.63) is 35.5 Å². The second kappa shape index (κ2) is 6.32. The summed E-state index contributed by atoms with van der Waals surface area (Å²) in [5, 5.41) is 7.56. The summed E-state index contributed by atoms with van der Waals surface area (Å²) in [5.74, 6) is 1.73. The van der Waals surface area contributed by atoms with Crippen LogP contribution in [-0.4, -0.2) is 29.9 Å². The topological polar surface area (TPSA) is 59.1 Å². The molecule has 0 saturated carbocycles. The quantitative estimate of drug-likeness (QED) is 0.669. The molecule has 0 fully saturated rings. The predicted molar refractivity (Wildman–Crippen MR) is 85.5 cm³/mol. The molecular formula is C15H18N4OS. The number of anilines is 2. The highest BCUT2D eigenvalue weighted by Gasteiger charge is 2.17. The Morgan fingerprint density at radius 2 is 2.24 bits per heavy atom. The first kappa shape index (κ1) is 14.2. The van der Waals surface area contributed by atoms with E-state index in [9.17, 15) is 0 Å². The zero-order valence-electron chi connectivity index (χ0n) is 12.1. The highest BCUT2D eigenvalue weighted by molar-refractivity contribution is 7.98. The summed E-state index contributed by atoms with van der Waals surface area (Å²) in [6.07, 6.45) is 2.93. The van der Waals surface area contributed by atoms with E-state index in [-0.39, 0.29) is 0 Å². The number of hydrogen-bond acceptors (Lipinski definition) is 6. The lowest BCUT2D eigenvalue weighted by Crippen LogP contribution is -2.26. The van der Waals surface area contributed by atoms with Crippen LogP contribution in [0.5, 0.6) is 5.75 Å². The molecule has 1 aromatic carbocycles. The van der Waals surface area contributed by atoms with Crippen molar-refractivity contribution in [3.8, 4) is 5.75 Å². The van der Waals surface area contributed by atoms with Crippen molar-refractivity contribution in [1.82, 2.24) is 15.3 Å². The minimum Gasteiger partial charge on any atom is -0.497 e. The van der Waals surface area contributed by atoms with E-state index in [1.807, 2.05) is 30.5 Å². The molecule has 0 radical (unpaired) electrons. The van der Waals surface area contributed by atoms with Gasteiger partial charge < -0.3 is 15.4 Å². The maximum atomic E-state index is 5.26. The number of nitrogens with zero attached hydrogens (tertiary/aromatic N) is 2. The number of benzene rings is 1. The Balaban J connectivity index is 1.96. The molecule has 0 bridgehead atoms. The smallest absolute Gasteiger partial charge is 0.189 e. The van der Waals surface area contributed by atoms with Gasteiger partial charge in [0.1, 0.15) is 11.6 Å². The Kier molecular flexibility index (Phi) is 4.26. The Bertz CT molecular complexity index is 648. The third-order valence-electron chi connectivity index (χ3n) is 3.43. The molecule has 1 aromatic heterocycles. The zero-order valence-corrected chi connectivity index (χ0v) is 13.0. The van der Waals surface area contributed by atoms with E-state index in [4.69, 9.17) is 4.74 Å². The number of fused-ring (bicyclic) bond motifs is 1. The number of thioether (sulfide) groups is 1. The normalized spacial score (nSPS) is 13.6. The van der Waals surface area contributed by atoms with Crippen molar-refractivity contribution in [3.63, 3.8) is 0 Å². The van der Waals surface area contributed by atoms with E-state index in [1.54, 1.807) is 18.9 Å². The molecule has 1 aliphatic rings. The summed E-state index contributed by atoms with van der Waals surface area (Å²) in [6.45, 7) is 1.76. The van der Waals surface area contributed by atoms with Crippen LogP contribution >= 0.6 is 11.8 Å². The molecule has 2 heterocycles. The Hall–Kier alpha value is -1.79. The summed E-state index contributed by atoms with van der Waals surface area (Å²) < 4.78 is 5.26. The first-order valence-corrected chi connectivity index (χ1v) is 8.08. The molecule has 2 N–H and O–H groups in total. The van der Waals surface area contributed by atoms with Crippen molar-refractivity contribution in [2.24, 2.45) is 0 Å². The third kappa shape index (κ3) is 3.11. The molecule has 0 unspecified atom stereocenters. The number of aromatic nitrogens is 2. The van der Waals surface area contributed by atoms with Gasteiger partial charge in [-0.15, -0.1) is 0 Å². The van der Waals surface area contributed by atoms with Crippen molar-refractivity contribution in [1.29, 1.82) is 0 Å². The number of hydrogen-bond donors (Lipinski definition) is 2. The van der Waals surface area contributed by atoms with Crippen LogP contribution in [0, 0.1) is 0 Å². The summed E-state index contributed by atoms with van der Waals surface area (Å²) in [4.78, 5) is 9.22. The lowest BCUT2D eigenvalue weighted by Gasteiger charge is -2.20. The van der Waals surface area contributed by atoms with Crippen LogP contribution in [0.4, 0.5) is 11.5 Å². The number of ether oxygens (including phenoxy) is 1. The maximum Gasteiger partial charge on any atom is 0.189 e. The zero-order chi connectivity index (χ0) is 14.7. The van der Waals surface area contributed by atoms with Gasteiger partial charge >= 0.3 is 0 Å². The fourth-order valence-electron chi connectivity index (χ4n) is 2.37. The molecule has 3 rings (SSSR count). The van der Waals surface area contributed by atoms with Gasteiger partial charge in [0.05, 0.1) is 12.8 Å². The fraction of sp³-hybridized carbons (Fsp3) is 0.333. The standard InChI is InChI=1S/C15H18N4OS/c1-20-11-5-3-4-10(8-11)17-14-12-6-7-16-9-13(12)18-15(19-14)21-2/h3-5,8,16H,6-7,9H2,1-2H3,(H,17,18,19). The number of methoxy groups -OCH3 is 1. The molecule has 0 saturated heterocycles. The van der Waals surface area contributed by atoms with E-state index >= 15 is 0 Å². The molecule has 0 amide bonds. The maximum absolute atomic E-state index is 5.26. The highest BCUT2D eigenvalue weighted by atomic mass is 32.2. The Morgan fingerprint density at radius 3 is 3.05 bits per heavy atom. The molecule has 5 nitrogen and oxygen atoms in total. The Labute approximate surface area is 128 Å². The molecule has 6 heteroatoms. The summed E-state index contributed by atoms with van der Waals surface area (Å²) in [7, 11) is 1.67. The largest absolute Gasteiger partial charge is 0.497 e. The van der Waals surface area contributed by atoms with E-state index in [0.29, 0.717) is 0 Å². The average Bonchev–Trinajstić information content (AvgIpc) is 2.55. The van der Waals surface area contributed by atoms with Crippen LogP contribution in [-0.2, 0) is 13.0 Å². The molecular weight excluding hydrogens is 284 g/mol. The molecule has 0 spiro atoms. The second-order valence-electron chi connectivity index (χ2n) is 4.77. The van der Waals surface area contributed by atoms with Gasteiger partial charge in [0.2, 0.25) is 0 Å². The van der Waals surface area contributed by atoms with Crippen LogP contribution in [0.15, 0.2) is 29.4 Å². The Morgan fingerprint density at radius 1 is 1.33 bits per heavy atom. The third-order valence-corrected chi connectivity index (χ3v) is 3.98. The van der Waals surface area contributed by atoms with Crippen molar-refractivity contribution < 1.29 is 4.74 Å². The predicted octanol–water partition coefficient (Wildman–Crippen LogP) is 2.60. The minimum absolute atomic E-state index is 0.794. The molecule has 0 atom stereocenters. The number of rotatable bonds is 4. The lowest BCUT2D eigenvalue weighted by atomic mass is 10.1. The molecule has 0 aliphatic carbocycles. The van der Waals surface area contributed by atoms with E-state index in [0.717, 1.165) is 47.6 Å². The van der Waals surface area contributed by atoms with Gasteiger partial charge in [-0.1, -0.05) is 17.8 Å². The van der Waals surface area contributed by atoms with Crippen molar-refractivity contribution in [2.75, 3.05) is 25.2 Å². The lowest BCUT2D eigenvalue weighted by molar-refractivity contribution is 0.415. The summed E-state index contributed by atoms with van der Waals surface area (Å²) >= 11 is 1.56. The monoisotopic (exact) mass is 302 g/mol. The molecule has 110 valence electrons. The van der Waals surface area contributed by atoms with Gasteiger partial charge in [-0.3, -0.25) is 0 Å². The van der Waals surface area contributed by atoms with Gasteiger partial charge in [-0.05, 0) is 31.4 Å². The van der Waals surface area contributed by atoms with Gasteiger partial charge in [-0.25, -0.2) is 9.97 Å². The van der Waals surface area contributed by atoms with Gasteiger partial charge in [-0.2, -0.15) is 0 Å². The van der Waals surface area contributed by atoms with Crippen LogP contribution in [0.3, 0.4) is 0 Å². The molecule has 2 aromatic rings. The van der Waals surface area contributed by atoms with Crippen molar-refractivity contribution >= 4 is 23.3 Å². The molecule has 21 heavy (non-hydrogen) atoms. The first-order chi connectivity index (χ1) is 10.3. The first-order valence-electron chi connectivity index (χ1n) is 6.85. The van der Waals surface area contributed by atoms with Crippen LogP contribution < -0.4 is 15.4 Å². The number of nitrogens with one attached hydrogen (secondary N) is 2. The SMILES string of the molecule is COc1cccc(Nc2nc(SC)nc3c2CCNC3)c1. The average molecular weight is 302 g/mol. The van der Waals surface area contributed by atoms with E-state index in [1.165, 1.54) is 5.56 Å². The molecule has 1 aliphatic heterocycles. The van der Waals surface area contributed by atoms with Crippen LogP contribution in [0.25, 0.3) is 0 Å². The minimum atomic E-state index is 0.794. The van der Waals surface area contributed by atoms with E-state index < -0.39 is 0 Å². The highest BCUT2D eigenvalue weighted by Crippen LogP contribution is 2.27. The van der Waals surface area contributed by atoms with Crippen molar-refractivity contribution in [2.45, 2.75) is 18.1 Å². The van der Waals surface area contributed by atoms with Gasteiger partial charge in [0.15, 0.2) is 5.16 Å². The fourth-order valence-corrected chi connectivity index (χ4v) is 2.75. The van der Waals surface area contributed by atoms with Crippen LogP contribution in [0.1, 0.15) is 11.3 Å². The van der Waals surface area contributed by atoms with Crippen LogP contribution in [0.2, 0.25) is 0 Å². The van der Waals surface area contributed by atoms with Gasteiger partial charge in [0, 0.05) is 23.9 Å². The summed E-state index contributed by atoms with van der Waals surface area (Å²) in [6, 6.07) is 7.87. The van der Waals surface area contributed by atoms with E-state index in [2.05, 4.69) is 20.6 Å².